The second-order valence-corrected chi connectivity index (χ2v) is 5.97. The first kappa shape index (κ1) is 20.6. The predicted octanol–water partition coefficient (Wildman–Crippen LogP) is 4.59. The largest absolute Gasteiger partial charge is 0.435 e. The Bertz CT molecular complexity index is 756. The number of nitrogens with one attached hydrogen (secondary N) is 1. The molecule has 0 heterocycles. The summed E-state index contributed by atoms with van der Waals surface area (Å²) in [5, 5.41) is 6.12. The fourth-order valence-electron chi connectivity index (χ4n) is 1.85. The molecule has 0 aliphatic heterocycles. The van der Waals surface area contributed by atoms with Gasteiger partial charge in [-0.15, -0.1) is 0 Å². The van der Waals surface area contributed by atoms with Crippen LogP contribution in [0.15, 0.2) is 58.6 Å². The van der Waals surface area contributed by atoms with Gasteiger partial charge in [0.1, 0.15) is 5.75 Å². The molecule has 1 amide bonds. The second kappa shape index (κ2) is 10.4. The maximum absolute atomic E-state index is 12.2. The van der Waals surface area contributed by atoms with E-state index in [4.69, 9.17) is 4.84 Å². The van der Waals surface area contributed by atoms with Crippen molar-refractivity contribution < 1.29 is 31.9 Å². The first-order chi connectivity index (χ1) is 12.9. The molecular formula is C17H14F4N2O3S. The van der Waals surface area contributed by atoms with Crippen LogP contribution in [0.3, 0.4) is 0 Å². The summed E-state index contributed by atoms with van der Waals surface area (Å²) in [4.78, 5) is 16.9. The molecule has 0 aliphatic rings. The van der Waals surface area contributed by atoms with Gasteiger partial charge < -0.3 is 14.9 Å². The summed E-state index contributed by atoms with van der Waals surface area (Å²) in [5.41, 5.74) is 0.991. The van der Waals surface area contributed by atoms with E-state index in [-0.39, 0.29) is 12.4 Å². The SMILES string of the molecule is O=C(CO/N=C/c1ccc(OC(F)F)cc1)Nc1ccc(SC(F)F)cc1. The summed E-state index contributed by atoms with van der Waals surface area (Å²) in [6.45, 7) is -3.26. The number of amides is 1. The van der Waals surface area contributed by atoms with Crippen molar-refractivity contribution in [2.24, 2.45) is 5.16 Å². The topological polar surface area (TPSA) is 59.9 Å². The van der Waals surface area contributed by atoms with E-state index in [1.807, 2.05) is 0 Å². The standard InChI is InChI=1S/C17H14F4N2O3S/c18-16(19)26-13-5-1-11(2-6-13)9-22-25-10-15(24)23-12-3-7-14(8-4-12)27-17(20)21/h1-9,16-17H,10H2,(H,23,24)/b22-9+. The van der Waals surface area contributed by atoms with Crippen molar-refractivity contribution in [3.63, 3.8) is 0 Å². The lowest BCUT2D eigenvalue weighted by Crippen LogP contribution is -2.16. The molecule has 0 fully saturated rings. The van der Waals surface area contributed by atoms with Crippen molar-refractivity contribution in [1.29, 1.82) is 0 Å². The molecule has 0 aliphatic carbocycles. The van der Waals surface area contributed by atoms with E-state index < -0.39 is 18.3 Å². The second-order valence-electron chi connectivity index (χ2n) is 4.91. The third kappa shape index (κ3) is 7.99. The van der Waals surface area contributed by atoms with Crippen molar-refractivity contribution in [3.05, 3.63) is 54.1 Å². The number of alkyl halides is 4. The van der Waals surface area contributed by atoms with E-state index in [2.05, 4.69) is 15.2 Å². The summed E-state index contributed by atoms with van der Waals surface area (Å²) in [6.07, 6.45) is 1.30. The summed E-state index contributed by atoms with van der Waals surface area (Å²) in [7, 11) is 0. The normalized spacial score (nSPS) is 11.2. The molecule has 0 atom stereocenters. The minimum Gasteiger partial charge on any atom is -0.435 e. The Kier molecular flexibility index (Phi) is 7.93. The van der Waals surface area contributed by atoms with Crippen molar-refractivity contribution >= 4 is 29.6 Å². The Labute approximate surface area is 156 Å². The van der Waals surface area contributed by atoms with E-state index in [1.54, 1.807) is 0 Å². The highest BCUT2D eigenvalue weighted by Gasteiger charge is 2.07. The molecule has 0 unspecified atom stereocenters. The Morgan fingerprint density at radius 2 is 1.74 bits per heavy atom. The molecule has 0 bridgehead atoms. The fraction of sp³-hybridized carbons (Fsp3) is 0.176. The molecule has 27 heavy (non-hydrogen) atoms. The van der Waals surface area contributed by atoms with Crippen LogP contribution in [0.4, 0.5) is 23.2 Å². The Balaban J connectivity index is 1.74. The molecule has 2 rings (SSSR count). The first-order valence-corrected chi connectivity index (χ1v) is 8.35. The van der Waals surface area contributed by atoms with Gasteiger partial charge in [-0.25, -0.2) is 0 Å². The van der Waals surface area contributed by atoms with Gasteiger partial charge >= 0.3 is 6.61 Å². The molecule has 0 saturated heterocycles. The van der Waals surface area contributed by atoms with Crippen LogP contribution < -0.4 is 10.1 Å². The monoisotopic (exact) mass is 402 g/mol. The smallest absolute Gasteiger partial charge is 0.387 e. The lowest BCUT2D eigenvalue weighted by molar-refractivity contribution is -0.120. The zero-order chi connectivity index (χ0) is 19.6. The molecule has 0 spiro atoms. The number of ether oxygens (including phenoxy) is 1. The highest BCUT2D eigenvalue weighted by atomic mass is 32.2. The average Bonchev–Trinajstić information content (AvgIpc) is 2.61. The molecule has 10 heteroatoms. The molecule has 2 aromatic rings. The van der Waals surface area contributed by atoms with Crippen LogP contribution in [-0.4, -0.2) is 31.1 Å². The van der Waals surface area contributed by atoms with Crippen LogP contribution in [0.5, 0.6) is 5.75 Å². The number of carbonyl (C=O) groups excluding carboxylic acids is 1. The minimum absolute atomic E-state index is 0.0143. The Hall–Kier alpha value is -2.75. The number of rotatable bonds is 9. The lowest BCUT2D eigenvalue weighted by atomic mass is 10.2. The molecule has 5 nitrogen and oxygen atoms in total. The number of nitrogens with zero attached hydrogens (tertiary/aromatic N) is 1. The van der Waals surface area contributed by atoms with Crippen molar-refractivity contribution in [2.45, 2.75) is 17.3 Å². The fourth-order valence-corrected chi connectivity index (χ4v) is 2.35. The van der Waals surface area contributed by atoms with Gasteiger partial charge in [0.05, 0.1) is 6.21 Å². The van der Waals surface area contributed by atoms with Gasteiger partial charge in [0, 0.05) is 10.6 Å². The quantitative estimate of drug-likeness (QED) is 0.288. The third-order valence-corrected chi connectivity index (χ3v) is 3.66. The maximum atomic E-state index is 12.2. The van der Waals surface area contributed by atoms with Crippen LogP contribution in [0.25, 0.3) is 0 Å². The van der Waals surface area contributed by atoms with E-state index in [9.17, 15) is 22.4 Å². The van der Waals surface area contributed by atoms with Crippen LogP contribution in [0.1, 0.15) is 5.56 Å². The first-order valence-electron chi connectivity index (χ1n) is 7.47. The number of halogens is 4. The summed E-state index contributed by atoms with van der Waals surface area (Å²) in [6, 6.07) is 11.6. The molecule has 0 saturated carbocycles. The van der Waals surface area contributed by atoms with E-state index in [0.717, 1.165) is 0 Å². The maximum Gasteiger partial charge on any atom is 0.387 e. The van der Waals surface area contributed by atoms with Gasteiger partial charge in [0.2, 0.25) is 0 Å². The molecule has 1 N–H and O–H groups in total. The number of carbonyl (C=O) groups is 1. The van der Waals surface area contributed by atoms with E-state index in [1.165, 1.54) is 54.7 Å². The van der Waals surface area contributed by atoms with Crippen LogP contribution in [-0.2, 0) is 9.63 Å². The Morgan fingerprint density at radius 1 is 1.07 bits per heavy atom. The van der Waals surface area contributed by atoms with Gasteiger partial charge in [-0.1, -0.05) is 16.9 Å². The number of hydrogen-bond acceptors (Lipinski definition) is 5. The minimum atomic E-state index is -2.90. The summed E-state index contributed by atoms with van der Waals surface area (Å²) >= 11 is 0.410. The van der Waals surface area contributed by atoms with Crippen molar-refractivity contribution in [3.8, 4) is 5.75 Å². The van der Waals surface area contributed by atoms with E-state index in [0.29, 0.717) is 27.9 Å². The van der Waals surface area contributed by atoms with Crippen LogP contribution in [0.2, 0.25) is 0 Å². The highest BCUT2D eigenvalue weighted by Crippen LogP contribution is 2.26. The highest BCUT2D eigenvalue weighted by molar-refractivity contribution is 7.99. The summed E-state index contributed by atoms with van der Waals surface area (Å²) in [5.74, 6) is -2.98. The summed E-state index contributed by atoms with van der Waals surface area (Å²) < 4.78 is 52.7. The molecule has 0 aromatic heterocycles. The molecule has 0 radical (unpaired) electrons. The van der Waals surface area contributed by atoms with Gasteiger partial charge in [-0.05, 0) is 54.1 Å². The van der Waals surface area contributed by atoms with Crippen LogP contribution >= 0.6 is 11.8 Å². The van der Waals surface area contributed by atoms with Crippen molar-refractivity contribution in [2.75, 3.05) is 11.9 Å². The van der Waals surface area contributed by atoms with E-state index >= 15 is 0 Å². The van der Waals surface area contributed by atoms with Gasteiger partial charge in [0.25, 0.3) is 11.7 Å². The predicted molar refractivity (Wildman–Crippen MR) is 93.6 cm³/mol. The zero-order valence-electron chi connectivity index (χ0n) is 13.7. The number of benzene rings is 2. The molecule has 2 aromatic carbocycles. The molecule has 144 valence electrons. The number of anilines is 1. The van der Waals surface area contributed by atoms with Gasteiger partial charge in [-0.3, -0.25) is 4.79 Å². The van der Waals surface area contributed by atoms with Crippen LogP contribution in [0, 0.1) is 0 Å². The number of thioether (sulfide) groups is 1. The third-order valence-electron chi connectivity index (χ3n) is 2.94. The average molecular weight is 402 g/mol. The lowest BCUT2D eigenvalue weighted by Gasteiger charge is -2.06. The van der Waals surface area contributed by atoms with Gasteiger partial charge in [0.15, 0.2) is 6.61 Å². The molecular weight excluding hydrogens is 388 g/mol. The number of oxime groups is 1. The van der Waals surface area contributed by atoms with Crippen molar-refractivity contribution in [1.82, 2.24) is 0 Å². The Morgan fingerprint density at radius 3 is 2.33 bits per heavy atom. The zero-order valence-corrected chi connectivity index (χ0v) is 14.5. The number of hydrogen-bond donors (Lipinski definition) is 1. The van der Waals surface area contributed by atoms with Gasteiger partial charge in [-0.2, -0.15) is 17.6 Å².